The first-order valence-electron chi connectivity index (χ1n) is 19.4. The maximum absolute atomic E-state index is 4.59. The summed E-state index contributed by atoms with van der Waals surface area (Å²) in [5.41, 5.74) is 14.0. The van der Waals surface area contributed by atoms with E-state index >= 15 is 0 Å². The highest BCUT2D eigenvalue weighted by Crippen LogP contribution is 2.33. The SMILES string of the molecule is C=C/C(=C\C=C\c1cccc(-c2ccc(Nc3ccc(-n4nc5ccccc5n4)cc3)cc2)c1)N(/C(C=C)=C/C=C/n1nc2ccccc2n1)c1cccc(C=C)c1C=C. The first-order chi connectivity index (χ1) is 29.5. The zero-order valence-corrected chi connectivity index (χ0v) is 33.0. The lowest BCUT2D eigenvalue weighted by atomic mass is 10.0. The molecule has 290 valence electrons. The molecule has 6 aromatic carbocycles. The number of hydrogen-bond acceptors (Lipinski definition) is 6. The van der Waals surface area contributed by atoms with Gasteiger partial charge in [-0.05, 0) is 125 Å². The predicted molar refractivity (Wildman–Crippen MR) is 252 cm³/mol. The van der Waals surface area contributed by atoms with Gasteiger partial charge in [0.2, 0.25) is 0 Å². The summed E-state index contributed by atoms with van der Waals surface area (Å²) in [6.45, 7) is 16.6. The molecule has 0 aliphatic heterocycles. The van der Waals surface area contributed by atoms with Gasteiger partial charge in [0.25, 0.3) is 0 Å². The van der Waals surface area contributed by atoms with Crippen LogP contribution in [0.4, 0.5) is 17.1 Å². The molecular weight excluding hydrogens is 737 g/mol. The summed E-state index contributed by atoms with van der Waals surface area (Å²) < 4.78 is 0. The Morgan fingerprint density at radius 3 is 1.73 bits per heavy atom. The molecule has 0 bridgehead atoms. The van der Waals surface area contributed by atoms with E-state index in [0.717, 1.165) is 84.0 Å². The third-order valence-electron chi connectivity index (χ3n) is 9.84. The summed E-state index contributed by atoms with van der Waals surface area (Å²) in [5.74, 6) is 0. The highest BCUT2D eigenvalue weighted by Gasteiger charge is 2.17. The van der Waals surface area contributed by atoms with Crippen molar-refractivity contribution in [2.24, 2.45) is 0 Å². The Balaban J connectivity index is 1.01. The minimum Gasteiger partial charge on any atom is -0.356 e. The van der Waals surface area contributed by atoms with E-state index in [1.165, 1.54) is 0 Å². The number of aromatic nitrogens is 6. The van der Waals surface area contributed by atoms with Crippen LogP contribution in [-0.2, 0) is 0 Å². The van der Waals surface area contributed by atoms with E-state index in [0.29, 0.717) is 0 Å². The minimum atomic E-state index is 0.809. The molecule has 0 atom stereocenters. The third kappa shape index (κ3) is 8.49. The zero-order chi connectivity index (χ0) is 41.3. The van der Waals surface area contributed by atoms with E-state index in [9.17, 15) is 0 Å². The van der Waals surface area contributed by atoms with Crippen LogP contribution in [0.3, 0.4) is 0 Å². The molecule has 0 aliphatic carbocycles. The standard InChI is InChI=1S/C52H42N8/c1-5-39-19-15-27-52(47(39)8-4)59(45(7-3)22-16-36-58-54-48-23-9-10-24-49(48)55-58)44(6-2)21-14-18-38-17-13-20-41(37-38)40-28-30-42(31-29-40)53-43-32-34-46(35-33-43)60-56-50-25-11-12-26-51(50)57-60/h5-37,53H,1-4H2/b18-14+,36-16+,44-21+,45-22+. The van der Waals surface area contributed by atoms with E-state index < -0.39 is 0 Å². The summed E-state index contributed by atoms with van der Waals surface area (Å²) in [7, 11) is 0. The molecule has 0 amide bonds. The molecule has 60 heavy (non-hydrogen) atoms. The van der Waals surface area contributed by atoms with Gasteiger partial charge in [0.15, 0.2) is 0 Å². The highest BCUT2D eigenvalue weighted by molar-refractivity contribution is 5.80. The number of allylic oxidation sites excluding steroid dienone is 6. The van der Waals surface area contributed by atoms with Gasteiger partial charge in [0.1, 0.15) is 22.1 Å². The lowest BCUT2D eigenvalue weighted by Gasteiger charge is -2.29. The number of anilines is 3. The van der Waals surface area contributed by atoms with Crippen molar-refractivity contribution >= 4 is 63.6 Å². The molecule has 8 heteroatoms. The minimum absolute atomic E-state index is 0.809. The predicted octanol–water partition coefficient (Wildman–Crippen LogP) is 12.7. The lowest BCUT2D eigenvalue weighted by molar-refractivity contribution is 0.766. The van der Waals surface area contributed by atoms with E-state index in [2.05, 4.69) is 118 Å². The van der Waals surface area contributed by atoms with Crippen LogP contribution in [0.5, 0.6) is 0 Å². The lowest BCUT2D eigenvalue weighted by Crippen LogP contribution is -2.21. The van der Waals surface area contributed by atoms with Crippen molar-refractivity contribution in [1.82, 2.24) is 30.0 Å². The molecule has 0 fully saturated rings. The van der Waals surface area contributed by atoms with E-state index in [4.69, 9.17) is 0 Å². The number of hydrogen-bond donors (Lipinski definition) is 1. The Bertz CT molecular complexity index is 2910. The summed E-state index contributed by atoms with van der Waals surface area (Å²) in [4.78, 5) is 5.33. The Hall–Kier alpha value is -8.36. The van der Waals surface area contributed by atoms with Crippen LogP contribution in [0.25, 0.3) is 63.3 Å². The Morgan fingerprint density at radius 2 is 1.13 bits per heavy atom. The van der Waals surface area contributed by atoms with Gasteiger partial charge in [-0.25, -0.2) is 0 Å². The quantitative estimate of drug-likeness (QED) is 0.104. The smallest absolute Gasteiger partial charge is 0.113 e. The molecule has 8 rings (SSSR count). The van der Waals surface area contributed by atoms with Gasteiger partial charge in [0.05, 0.1) is 11.4 Å². The van der Waals surface area contributed by atoms with E-state index in [1.54, 1.807) is 9.59 Å². The van der Waals surface area contributed by atoms with E-state index in [-0.39, 0.29) is 0 Å². The van der Waals surface area contributed by atoms with Crippen molar-refractivity contribution < 1.29 is 0 Å². The second-order valence-corrected chi connectivity index (χ2v) is 13.7. The van der Waals surface area contributed by atoms with Crippen LogP contribution in [0.1, 0.15) is 16.7 Å². The normalized spacial score (nSPS) is 12.0. The maximum Gasteiger partial charge on any atom is 0.113 e. The molecule has 2 aromatic heterocycles. The van der Waals surface area contributed by atoms with Gasteiger partial charge in [-0.1, -0.05) is 117 Å². The van der Waals surface area contributed by atoms with Crippen molar-refractivity contribution in [3.63, 3.8) is 0 Å². The molecule has 1 N–H and O–H groups in total. The number of nitrogens with zero attached hydrogens (tertiary/aromatic N) is 7. The van der Waals surface area contributed by atoms with Gasteiger partial charge in [-0.2, -0.15) is 9.59 Å². The largest absolute Gasteiger partial charge is 0.356 e. The van der Waals surface area contributed by atoms with Crippen molar-refractivity contribution in [2.45, 2.75) is 0 Å². The average Bonchev–Trinajstić information content (AvgIpc) is 3.93. The first-order valence-corrected chi connectivity index (χ1v) is 19.4. The van der Waals surface area contributed by atoms with Gasteiger partial charge in [-0.15, -0.1) is 20.4 Å². The van der Waals surface area contributed by atoms with Crippen LogP contribution >= 0.6 is 0 Å². The Kier molecular flexibility index (Phi) is 11.4. The molecule has 0 radical (unpaired) electrons. The molecule has 0 unspecified atom stereocenters. The van der Waals surface area contributed by atoms with E-state index in [1.807, 2.05) is 140 Å². The number of fused-ring (bicyclic) bond motifs is 2. The Morgan fingerprint density at radius 1 is 0.550 bits per heavy atom. The van der Waals surface area contributed by atoms with Crippen LogP contribution in [0, 0.1) is 0 Å². The molecule has 0 saturated carbocycles. The topological polar surface area (TPSA) is 76.7 Å². The molecule has 2 heterocycles. The van der Waals surface area contributed by atoms with Gasteiger partial charge in [0, 0.05) is 34.5 Å². The van der Waals surface area contributed by atoms with Crippen molar-refractivity contribution in [2.75, 3.05) is 10.2 Å². The summed E-state index contributed by atoms with van der Waals surface area (Å²) >= 11 is 0. The van der Waals surface area contributed by atoms with Gasteiger partial charge < -0.3 is 10.2 Å². The fourth-order valence-corrected chi connectivity index (χ4v) is 6.87. The zero-order valence-electron chi connectivity index (χ0n) is 33.0. The van der Waals surface area contributed by atoms with Crippen LogP contribution < -0.4 is 10.2 Å². The second-order valence-electron chi connectivity index (χ2n) is 13.7. The maximum atomic E-state index is 4.59. The molecule has 8 aromatic rings. The molecular formula is C52H42N8. The first kappa shape index (κ1) is 38.5. The molecule has 0 spiro atoms. The molecule has 0 saturated heterocycles. The number of nitrogens with one attached hydrogen (secondary N) is 1. The fraction of sp³-hybridized carbons (Fsp3) is 0. The summed E-state index contributed by atoms with van der Waals surface area (Å²) in [5, 5.41) is 21.8. The third-order valence-corrected chi connectivity index (χ3v) is 9.84. The summed E-state index contributed by atoms with van der Waals surface area (Å²) in [6, 6.07) is 46.7. The van der Waals surface area contributed by atoms with Gasteiger partial charge >= 0.3 is 0 Å². The second kappa shape index (κ2) is 17.8. The monoisotopic (exact) mass is 778 g/mol. The van der Waals surface area contributed by atoms with Crippen LogP contribution in [-0.4, -0.2) is 30.0 Å². The number of rotatable bonds is 15. The highest BCUT2D eigenvalue weighted by atomic mass is 15.5. The van der Waals surface area contributed by atoms with Crippen molar-refractivity contribution in [3.05, 3.63) is 230 Å². The fourth-order valence-electron chi connectivity index (χ4n) is 6.87. The van der Waals surface area contributed by atoms with Crippen molar-refractivity contribution in [1.29, 1.82) is 0 Å². The average molecular weight is 779 g/mol. The van der Waals surface area contributed by atoms with Crippen LogP contribution in [0.2, 0.25) is 0 Å². The Labute approximate surface area is 349 Å². The number of benzene rings is 6. The van der Waals surface area contributed by atoms with Gasteiger partial charge in [-0.3, -0.25) is 0 Å². The molecule has 8 nitrogen and oxygen atoms in total. The molecule has 0 aliphatic rings. The summed E-state index contributed by atoms with van der Waals surface area (Å²) in [6.07, 6.45) is 19.2. The van der Waals surface area contributed by atoms with Crippen LogP contribution in [0.15, 0.2) is 214 Å². The van der Waals surface area contributed by atoms with Crippen molar-refractivity contribution in [3.8, 4) is 16.8 Å².